The minimum atomic E-state index is -0.132. The van der Waals surface area contributed by atoms with Crippen LogP contribution in [0.2, 0.25) is 0 Å². The molecule has 23 heavy (non-hydrogen) atoms. The van der Waals surface area contributed by atoms with E-state index in [1.165, 1.54) is 0 Å². The first-order valence-corrected chi connectivity index (χ1v) is 8.82. The third-order valence-corrected chi connectivity index (χ3v) is 5.69. The fourth-order valence-corrected chi connectivity index (χ4v) is 3.98. The Balaban J connectivity index is 1.76. The molecule has 3 heterocycles. The van der Waals surface area contributed by atoms with E-state index in [2.05, 4.69) is 10.4 Å². The van der Waals surface area contributed by atoms with Crippen LogP contribution >= 0.6 is 11.3 Å². The second-order valence-electron chi connectivity index (χ2n) is 6.14. The highest BCUT2D eigenvalue weighted by Crippen LogP contribution is 2.33. The smallest absolute Gasteiger partial charge is 0.228 e. The summed E-state index contributed by atoms with van der Waals surface area (Å²) in [7, 11) is 1.94. The van der Waals surface area contributed by atoms with Crippen LogP contribution < -0.4 is 5.32 Å². The van der Waals surface area contributed by atoms with Crippen molar-refractivity contribution < 1.29 is 9.53 Å². The minimum Gasteiger partial charge on any atom is -0.371 e. The molecule has 3 rings (SSSR count). The number of hydrogen-bond donors (Lipinski definition) is 1. The molecule has 0 unspecified atom stereocenters. The molecule has 5 nitrogen and oxygen atoms in total. The van der Waals surface area contributed by atoms with E-state index in [0.717, 1.165) is 28.2 Å². The van der Waals surface area contributed by atoms with Gasteiger partial charge in [-0.05, 0) is 38.6 Å². The summed E-state index contributed by atoms with van der Waals surface area (Å²) in [6.45, 7) is 6.66. The lowest BCUT2D eigenvalue weighted by Crippen LogP contribution is -2.39. The summed E-state index contributed by atoms with van der Waals surface area (Å²) >= 11 is 1.62. The lowest BCUT2D eigenvalue weighted by molar-refractivity contribution is -0.123. The number of nitrogens with one attached hydrogen (secondary N) is 1. The number of nitrogens with zero attached hydrogens (tertiary/aromatic N) is 2. The van der Waals surface area contributed by atoms with E-state index in [4.69, 9.17) is 4.74 Å². The van der Waals surface area contributed by atoms with E-state index < -0.39 is 0 Å². The van der Waals surface area contributed by atoms with Gasteiger partial charge in [0.2, 0.25) is 5.91 Å². The van der Waals surface area contributed by atoms with Gasteiger partial charge in [-0.2, -0.15) is 5.10 Å². The summed E-state index contributed by atoms with van der Waals surface area (Å²) in [5.74, 6) is -0.0699. The minimum absolute atomic E-state index is 0.00603. The van der Waals surface area contributed by atoms with Gasteiger partial charge in [0.15, 0.2) is 0 Å². The summed E-state index contributed by atoms with van der Waals surface area (Å²) < 4.78 is 7.81. The highest BCUT2D eigenvalue weighted by atomic mass is 32.1. The van der Waals surface area contributed by atoms with Crippen molar-refractivity contribution >= 4 is 17.2 Å². The lowest BCUT2D eigenvalue weighted by Gasteiger charge is -2.22. The van der Waals surface area contributed by atoms with Gasteiger partial charge in [0.25, 0.3) is 0 Å². The Labute approximate surface area is 140 Å². The normalized spacial score (nSPS) is 22.3. The van der Waals surface area contributed by atoms with Crippen LogP contribution in [0.4, 0.5) is 0 Å². The van der Waals surface area contributed by atoms with E-state index in [9.17, 15) is 4.79 Å². The Morgan fingerprint density at radius 1 is 1.52 bits per heavy atom. The Hall–Kier alpha value is -1.66. The average molecular weight is 333 g/mol. The number of hydrogen-bond acceptors (Lipinski definition) is 4. The SMILES string of the molecule is Cc1nn(C)c(C)c1[C@H]1OCC[C@@H]1NC(=O)[C@H](C)c1cccs1. The topological polar surface area (TPSA) is 56.1 Å². The van der Waals surface area contributed by atoms with Gasteiger partial charge in [-0.1, -0.05) is 6.07 Å². The maximum absolute atomic E-state index is 12.6. The number of carbonyl (C=O) groups is 1. The molecule has 3 atom stereocenters. The van der Waals surface area contributed by atoms with Crippen molar-refractivity contribution in [3.05, 3.63) is 39.3 Å². The van der Waals surface area contributed by atoms with Gasteiger partial charge in [-0.15, -0.1) is 11.3 Å². The van der Waals surface area contributed by atoms with Gasteiger partial charge in [0.05, 0.1) is 17.7 Å². The Bertz CT molecular complexity index is 693. The molecule has 1 N–H and O–H groups in total. The molecule has 0 bridgehead atoms. The van der Waals surface area contributed by atoms with Gasteiger partial charge in [0.1, 0.15) is 6.10 Å². The van der Waals surface area contributed by atoms with Crippen molar-refractivity contribution in [1.29, 1.82) is 0 Å². The molecular weight excluding hydrogens is 310 g/mol. The van der Waals surface area contributed by atoms with Crippen molar-refractivity contribution in [2.75, 3.05) is 6.61 Å². The molecule has 0 saturated carbocycles. The monoisotopic (exact) mass is 333 g/mol. The van der Waals surface area contributed by atoms with E-state index in [0.29, 0.717) is 6.61 Å². The number of thiophene rings is 1. The third-order valence-electron chi connectivity index (χ3n) is 4.63. The van der Waals surface area contributed by atoms with Crippen LogP contribution in [0.3, 0.4) is 0 Å². The van der Waals surface area contributed by atoms with Gasteiger partial charge < -0.3 is 10.1 Å². The molecule has 1 saturated heterocycles. The number of ether oxygens (including phenoxy) is 1. The number of aromatic nitrogens is 2. The fourth-order valence-electron chi connectivity index (χ4n) is 3.20. The first-order valence-electron chi connectivity index (χ1n) is 7.94. The summed E-state index contributed by atoms with van der Waals surface area (Å²) in [6.07, 6.45) is 0.727. The Morgan fingerprint density at radius 2 is 2.30 bits per heavy atom. The van der Waals surface area contributed by atoms with Gasteiger partial charge >= 0.3 is 0 Å². The first kappa shape index (κ1) is 16.2. The van der Waals surface area contributed by atoms with Crippen molar-refractivity contribution in [3.8, 4) is 0 Å². The number of rotatable bonds is 4. The largest absolute Gasteiger partial charge is 0.371 e. The fraction of sp³-hybridized carbons (Fsp3) is 0.529. The van der Waals surface area contributed by atoms with E-state index in [1.54, 1.807) is 11.3 Å². The molecule has 0 spiro atoms. The van der Waals surface area contributed by atoms with Crippen molar-refractivity contribution in [2.45, 2.75) is 45.3 Å². The molecule has 2 aromatic heterocycles. The zero-order valence-corrected chi connectivity index (χ0v) is 14.8. The number of carbonyl (C=O) groups excluding carboxylic acids is 1. The zero-order valence-electron chi connectivity index (χ0n) is 14.0. The van der Waals surface area contributed by atoms with Crippen LogP contribution in [-0.4, -0.2) is 28.3 Å². The van der Waals surface area contributed by atoms with E-state index in [1.807, 2.05) is 50.0 Å². The highest BCUT2D eigenvalue weighted by molar-refractivity contribution is 7.10. The molecule has 1 amide bonds. The quantitative estimate of drug-likeness (QED) is 0.936. The van der Waals surface area contributed by atoms with Crippen LogP contribution in [-0.2, 0) is 16.6 Å². The summed E-state index contributed by atoms with van der Waals surface area (Å²) in [4.78, 5) is 13.7. The van der Waals surface area contributed by atoms with E-state index >= 15 is 0 Å². The average Bonchev–Trinajstić information content (AvgIpc) is 3.22. The van der Waals surface area contributed by atoms with Crippen LogP contribution in [0, 0.1) is 13.8 Å². The lowest BCUT2D eigenvalue weighted by atomic mass is 9.99. The van der Waals surface area contributed by atoms with Crippen LogP contribution in [0.1, 0.15) is 47.2 Å². The predicted octanol–water partition coefficient (Wildman–Crippen LogP) is 2.85. The Kier molecular flexibility index (Phi) is 4.55. The van der Waals surface area contributed by atoms with Crippen molar-refractivity contribution in [3.63, 3.8) is 0 Å². The standard InChI is InChI=1S/C17H23N3O2S/c1-10(14-6-5-9-23-14)17(21)18-13-7-8-22-16(13)15-11(2)19-20(4)12(15)3/h5-6,9-10,13,16H,7-8H2,1-4H3,(H,18,21)/t10-,13+,16+/m1/s1. The molecule has 2 aromatic rings. The zero-order chi connectivity index (χ0) is 16.6. The molecule has 0 radical (unpaired) electrons. The molecular formula is C17H23N3O2S. The molecule has 1 aliphatic heterocycles. The Morgan fingerprint density at radius 3 is 2.91 bits per heavy atom. The summed E-state index contributed by atoms with van der Waals surface area (Å²) in [5.41, 5.74) is 3.18. The number of amides is 1. The van der Waals surface area contributed by atoms with Gasteiger partial charge in [-0.25, -0.2) is 0 Å². The third kappa shape index (κ3) is 3.05. The van der Waals surface area contributed by atoms with Crippen molar-refractivity contribution in [1.82, 2.24) is 15.1 Å². The summed E-state index contributed by atoms with van der Waals surface area (Å²) in [5, 5.41) is 9.66. The van der Waals surface area contributed by atoms with Crippen LogP contribution in [0.5, 0.6) is 0 Å². The number of aryl methyl sites for hydroxylation is 2. The molecule has 124 valence electrons. The van der Waals surface area contributed by atoms with Crippen LogP contribution in [0.25, 0.3) is 0 Å². The second-order valence-corrected chi connectivity index (χ2v) is 7.12. The first-order chi connectivity index (χ1) is 11.0. The van der Waals surface area contributed by atoms with Crippen molar-refractivity contribution in [2.24, 2.45) is 7.05 Å². The molecule has 6 heteroatoms. The molecule has 0 aromatic carbocycles. The molecule has 1 fully saturated rings. The molecule has 1 aliphatic rings. The molecule has 0 aliphatic carbocycles. The maximum Gasteiger partial charge on any atom is 0.228 e. The summed E-state index contributed by atoms with van der Waals surface area (Å²) in [6, 6.07) is 3.99. The van der Waals surface area contributed by atoms with Gasteiger partial charge in [-0.3, -0.25) is 9.48 Å². The van der Waals surface area contributed by atoms with E-state index in [-0.39, 0.29) is 24.0 Å². The predicted molar refractivity (Wildman–Crippen MR) is 90.7 cm³/mol. The maximum atomic E-state index is 12.6. The highest BCUT2D eigenvalue weighted by Gasteiger charge is 2.35. The van der Waals surface area contributed by atoms with Gasteiger partial charge in [0, 0.05) is 29.8 Å². The van der Waals surface area contributed by atoms with Crippen LogP contribution in [0.15, 0.2) is 17.5 Å². The second kappa shape index (κ2) is 6.45.